The lowest BCUT2D eigenvalue weighted by Crippen LogP contribution is -2.18. The van der Waals surface area contributed by atoms with Crippen LogP contribution < -0.4 is 4.74 Å². The van der Waals surface area contributed by atoms with Gasteiger partial charge in [-0.3, -0.25) is 0 Å². The van der Waals surface area contributed by atoms with E-state index in [-0.39, 0.29) is 17.1 Å². The zero-order valence-electron chi connectivity index (χ0n) is 14.0. The summed E-state index contributed by atoms with van der Waals surface area (Å²) in [6.07, 6.45) is 1.73. The Morgan fingerprint density at radius 3 is 1.96 bits per heavy atom. The molecule has 0 atom stereocenters. The van der Waals surface area contributed by atoms with Gasteiger partial charge in [0.1, 0.15) is 11.5 Å². The number of carbonyl (C=O) groups is 1. The molecule has 3 heteroatoms. The van der Waals surface area contributed by atoms with Crippen molar-refractivity contribution in [1.29, 1.82) is 0 Å². The van der Waals surface area contributed by atoms with Crippen LogP contribution in [0.25, 0.3) is 0 Å². The van der Waals surface area contributed by atoms with Crippen molar-refractivity contribution in [3.63, 3.8) is 0 Å². The fourth-order valence-electron chi connectivity index (χ4n) is 2.29. The van der Waals surface area contributed by atoms with Gasteiger partial charge in [-0.15, -0.1) is 0 Å². The van der Waals surface area contributed by atoms with E-state index >= 15 is 0 Å². The number of esters is 1. The standard InChI is InChI=1S/C20H22O3/c1-5-14(2)19(22)23-18-12-8-16(9-13-18)20(3,4)15-6-10-17(21)11-7-15/h5-13,21H,1-4H3. The zero-order valence-corrected chi connectivity index (χ0v) is 14.0. The number of carbonyl (C=O) groups excluding carboxylic acids is 1. The Labute approximate surface area is 137 Å². The van der Waals surface area contributed by atoms with E-state index in [4.69, 9.17) is 4.74 Å². The topological polar surface area (TPSA) is 46.5 Å². The highest BCUT2D eigenvalue weighted by atomic mass is 16.5. The minimum absolute atomic E-state index is 0.213. The van der Waals surface area contributed by atoms with Gasteiger partial charge in [-0.2, -0.15) is 0 Å². The number of phenolic OH excluding ortho intramolecular Hbond substituents is 1. The lowest BCUT2D eigenvalue weighted by Gasteiger charge is -2.26. The van der Waals surface area contributed by atoms with Gasteiger partial charge < -0.3 is 9.84 Å². The first-order valence-corrected chi connectivity index (χ1v) is 7.59. The third kappa shape index (κ3) is 3.81. The molecule has 0 fully saturated rings. The van der Waals surface area contributed by atoms with Gasteiger partial charge in [-0.25, -0.2) is 4.79 Å². The van der Waals surface area contributed by atoms with E-state index in [1.165, 1.54) is 0 Å². The van der Waals surface area contributed by atoms with Crippen LogP contribution >= 0.6 is 0 Å². The third-order valence-corrected chi connectivity index (χ3v) is 4.13. The van der Waals surface area contributed by atoms with Crippen molar-refractivity contribution in [1.82, 2.24) is 0 Å². The molecule has 0 aliphatic carbocycles. The van der Waals surface area contributed by atoms with E-state index in [0.29, 0.717) is 11.3 Å². The van der Waals surface area contributed by atoms with Crippen LogP contribution in [0, 0.1) is 0 Å². The second kappa shape index (κ2) is 6.69. The lowest BCUT2D eigenvalue weighted by molar-refractivity contribution is -0.130. The Morgan fingerprint density at radius 2 is 1.48 bits per heavy atom. The maximum Gasteiger partial charge on any atom is 0.338 e. The molecule has 0 radical (unpaired) electrons. The Balaban J connectivity index is 2.21. The molecule has 1 N–H and O–H groups in total. The molecule has 0 heterocycles. The molecule has 23 heavy (non-hydrogen) atoms. The predicted molar refractivity (Wildman–Crippen MR) is 91.7 cm³/mol. The molecule has 0 saturated heterocycles. The molecule has 0 spiro atoms. The summed E-state index contributed by atoms with van der Waals surface area (Å²) in [7, 11) is 0. The van der Waals surface area contributed by atoms with Gasteiger partial charge in [0, 0.05) is 11.0 Å². The van der Waals surface area contributed by atoms with Crippen LogP contribution in [-0.4, -0.2) is 11.1 Å². The molecule has 2 aromatic rings. The summed E-state index contributed by atoms with van der Waals surface area (Å²) in [6, 6.07) is 14.7. The number of ether oxygens (including phenoxy) is 1. The van der Waals surface area contributed by atoms with Gasteiger partial charge in [0.15, 0.2) is 0 Å². The number of benzene rings is 2. The molecule has 0 unspecified atom stereocenters. The Bertz CT molecular complexity index is 708. The first kappa shape index (κ1) is 16.8. The van der Waals surface area contributed by atoms with Crippen LogP contribution in [0.2, 0.25) is 0 Å². The van der Waals surface area contributed by atoms with Crippen LogP contribution in [0.1, 0.15) is 38.8 Å². The van der Waals surface area contributed by atoms with E-state index in [9.17, 15) is 9.90 Å². The summed E-state index contributed by atoms with van der Waals surface area (Å²) in [5, 5.41) is 9.43. The molecule has 0 aliphatic rings. The average molecular weight is 310 g/mol. The molecule has 0 bridgehead atoms. The molecule has 0 saturated carbocycles. The van der Waals surface area contributed by atoms with Crippen molar-refractivity contribution in [3.8, 4) is 11.5 Å². The minimum Gasteiger partial charge on any atom is -0.508 e. The zero-order chi connectivity index (χ0) is 17.0. The van der Waals surface area contributed by atoms with Crippen LogP contribution in [0.15, 0.2) is 60.2 Å². The lowest BCUT2D eigenvalue weighted by atomic mass is 9.78. The van der Waals surface area contributed by atoms with Crippen molar-refractivity contribution in [3.05, 3.63) is 71.3 Å². The Kier molecular flexibility index (Phi) is 4.89. The second-order valence-electron chi connectivity index (χ2n) is 6.06. The molecule has 0 amide bonds. The Morgan fingerprint density at radius 1 is 1.00 bits per heavy atom. The maximum absolute atomic E-state index is 11.8. The summed E-state index contributed by atoms with van der Waals surface area (Å²) in [6.45, 7) is 7.76. The van der Waals surface area contributed by atoms with Gasteiger partial charge >= 0.3 is 5.97 Å². The van der Waals surface area contributed by atoms with Gasteiger partial charge in [-0.05, 0) is 49.2 Å². The summed E-state index contributed by atoms with van der Waals surface area (Å²) in [5.41, 5.74) is 2.57. The van der Waals surface area contributed by atoms with Gasteiger partial charge in [0.05, 0.1) is 0 Å². The van der Waals surface area contributed by atoms with Crippen molar-refractivity contribution in [2.24, 2.45) is 0 Å². The SMILES string of the molecule is CC=C(C)C(=O)Oc1ccc(C(C)(C)c2ccc(O)cc2)cc1. The summed E-state index contributed by atoms with van der Waals surface area (Å²) in [5.74, 6) is 0.450. The van der Waals surface area contributed by atoms with Crippen LogP contribution in [0.3, 0.4) is 0 Å². The van der Waals surface area contributed by atoms with Gasteiger partial charge in [-0.1, -0.05) is 44.2 Å². The highest BCUT2D eigenvalue weighted by Crippen LogP contribution is 2.33. The summed E-state index contributed by atoms with van der Waals surface area (Å²) in [4.78, 5) is 11.8. The Hall–Kier alpha value is -2.55. The van der Waals surface area contributed by atoms with Crippen molar-refractivity contribution < 1.29 is 14.6 Å². The molecule has 120 valence electrons. The maximum atomic E-state index is 11.8. The number of hydrogen-bond donors (Lipinski definition) is 1. The van der Waals surface area contributed by atoms with E-state index in [0.717, 1.165) is 11.1 Å². The molecule has 0 aliphatic heterocycles. The monoisotopic (exact) mass is 310 g/mol. The normalized spacial score (nSPS) is 12.1. The summed E-state index contributed by atoms with van der Waals surface area (Å²) >= 11 is 0. The van der Waals surface area contributed by atoms with Crippen molar-refractivity contribution >= 4 is 5.97 Å². The molecule has 2 aromatic carbocycles. The molecule has 0 aromatic heterocycles. The molecular weight excluding hydrogens is 288 g/mol. The molecule has 3 nitrogen and oxygen atoms in total. The quantitative estimate of drug-likeness (QED) is 0.510. The fourth-order valence-corrected chi connectivity index (χ4v) is 2.29. The van der Waals surface area contributed by atoms with E-state index < -0.39 is 0 Å². The third-order valence-electron chi connectivity index (χ3n) is 4.13. The smallest absolute Gasteiger partial charge is 0.338 e. The van der Waals surface area contributed by atoms with Gasteiger partial charge in [0.2, 0.25) is 0 Å². The minimum atomic E-state index is -0.335. The van der Waals surface area contributed by atoms with E-state index in [2.05, 4.69) is 13.8 Å². The van der Waals surface area contributed by atoms with Crippen molar-refractivity contribution in [2.75, 3.05) is 0 Å². The fraction of sp³-hybridized carbons (Fsp3) is 0.250. The molecule has 2 rings (SSSR count). The number of allylic oxidation sites excluding steroid dienone is 1. The summed E-state index contributed by atoms with van der Waals surface area (Å²) < 4.78 is 5.32. The van der Waals surface area contributed by atoms with Crippen molar-refractivity contribution in [2.45, 2.75) is 33.1 Å². The number of aromatic hydroxyl groups is 1. The first-order valence-electron chi connectivity index (χ1n) is 7.59. The van der Waals surface area contributed by atoms with E-state index in [1.54, 1.807) is 44.2 Å². The molecular formula is C20H22O3. The number of rotatable bonds is 4. The van der Waals surface area contributed by atoms with Crippen LogP contribution in [0.4, 0.5) is 0 Å². The van der Waals surface area contributed by atoms with Crippen LogP contribution in [0.5, 0.6) is 11.5 Å². The number of hydrogen-bond acceptors (Lipinski definition) is 3. The van der Waals surface area contributed by atoms with Gasteiger partial charge in [0.25, 0.3) is 0 Å². The largest absolute Gasteiger partial charge is 0.508 e. The first-order chi connectivity index (χ1) is 10.8. The predicted octanol–water partition coefficient (Wildman–Crippen LogP) is 4.59. The highest BCUT2D eigenvalue weighted by Gasteiger charge is 2.23. The number of phenols is 1. The van der Waals surface area contributed by atoms with Crippen LogP contribution in [-0.2, 0) is 10.2 Å². The van der Waals surface area contributed by atoms with E-state index in [1.807, 2.05) is 24.3 Å². The highest BCUT2D eigenvalue weighted by molar-refractivity contribution is 5.89. The average Bonchev–Trinajstić information content (AvgIpc) is 2.55. The second-order valence-corrected chi connectivity index (χ2v) is 6.06.